The molecule has 0 unspecified atom stereocenters. The SMILES string of the molecule is CCOc1ccc(OCC)c(NS(=O)(=O)CCCNC)c1. The molecule has 0 fully saturated rings. The Morgan fingerprint density at radius 1 is 1.14 bits per heavy atom. The van der Waals surface area contributed by atoms with Gasteiger partial charge in [-0.15, -0.1) is 0 Å². The van der Waals surface area contributed by atoms with E-state index in [0.29, 0.717) is 43.4 Å². The molecule has 0 heterocycles. The summed E-state index contributed by atoms with van der Waals surface area (Å²) in [6.07, 6.45) is 0.543. The lowest BCUT2D eigenvalue weighted by molar-refractivity contribution is 0.332. The second-order valence-corrected chi connectivity index (χ2v) is 6.24. The minimum atomic E-state index is -3.40. The standard InChI is InChI=1S/C14H24N2O4S/c1-4-19-12-7-8-14(20-5-2)13(11-12)16-21(17,18)10-6-9-15-3/h7-8,11,15-16H,4-6,9-10H2,1-3H3. The van der Waals surface area contributed by atoms with Gasteiger partial charge in [-0.1, -0.05) is 0 Å². The average Bonchev–Trinajstić information content (AvgIpc) is 2.42. The summed E-state index contributed by atoms with van der Waals surface area (Å²) in [5.41, 5.74) is 0.409. The Balaban J connectivity index is 2.89. The molecule has 0 aliphatic heterocycles. The number of sulfonamides is 1. The van der Waals surface area contributed by atoms with Crippen LogP contribution in [-0.2, 0) is 10.0 Å². The fraction of sp³-hybridized carbons (Fsp3) is 0.571. The van der Waals surface area contributed by atoms with Gasteiger partial charge in [-0.3, -0.25) is 4.72 Å². The summed E-state index contributed by atoms with van der Waals surface area (Å²) in [6, 6.07) is 5.11. The van der Waals surface area contributed by atoms with Crippen molar-refractivity contribution >= 4 is 15.7 Å². The third-order valence-corrected chi connectivity index (χ3v) is 4.02. The number of rotatable bonds is 10. The van der Waals surface area contributed by atoms with E-state index in [9.17, 15) is 8.42 Å². The molecule has 120 valence electrons. The molecule has 1 aromatic carbocycles. The minimum absolute atomic E-state index is 0.0538. The van der Waals surface area contributed by atoms with Crippen molar-refractivity contribution in [3.05, 3.63) is 18.2 Å². The van der Waals surface area contributed by atoms with E-state index in [1.165, 1.54) is 0 Å². The van der Waals surface area contributed by atoms with Crippen LogP contribution in [0.4, 0.5) is 5.69 Å². The third-order valence-electron chi connectivity index (χ3n) is 2.67. The molecule has 0 spiro atoms. The van der Waals surface area contributed by atoms with Gasteiger partial charge in [0.1, 0.15) is 11.5 Å². The van der Waals surface area contributed by atoms with Gasteiger partial charge in [0, 0.05) is 6.07 Å². The molecule has 0 aliphatic carbocycles. The lowest BCUT2D eigenvalue weighted by Crippen LogP contribution is -2.20. The lowest BCUT2D eigenvalue weighted by Gasteiger charge is -2.14. The zero-order chi connectivity index (χ0) is 15.7. The number of hydrogen-bond donors (Lipinski definition) is 2. The van der Waals surface area contributed by atoms with E-state index in [1.807, 2.05) is 13.8 Å². The van der Waals surface area contributed by atoms with Crippen molar-refractivity contribution < 1.29 is 17.9 Å². The summed E-state index contributed by atoms with van der Waals surface area (Å²) >= 11 is 0. The van der Waals surface area contributed by atoms with Crippen LogP contribution in [0.25, 0.3) is 0 Å². The van der Waals surface area contributed by atoms with Crippen LogP contribution in [0.15, 0.2) is 18.2 Å². The van der Waals surface area contributed by atoms with E-state index in [-0.39, 0.29) is 5.75 Å². The van der Waals surface area contributed by atoms with Gasteiger partial charge >= 0.3 is 0 Å². The fourth-order valence-electron chi connectivity index (χ4n) is 1.78. The Hall–Kier alpha value is -1.47. The van der Waals surface area contributed by atoms with Gasteiger partial charge in [0.2, 0.25) is 10.0 Å². The van der Waals surface area contributed by atoms with Crippen molar-refractivity contribution in [1.82, 2.24) is 5.32 Å². The zero-order valence-electron chi connectivity index (χ0n) is 12.8. The summed E-state index contributed by atoms with van der Waals surface area (Å²) in [7, 11) is -1.61. The van der Waals surface area contributed by atoms with Crippen LogP contribution < -0.4 is 19.5 Å². The van der Waals surface area contributed by atoms with Gasteiger partial charge < -0.3 is 14.8 Å². The third kappa shape index (κ3) is 6.22. The molecule has 0 saturated carbocycles. The summed E-state index contributed by atoms with van der Waals surface area (Å²) in [5, 5.41) is 2.92. The molecule has 0 amide bonds. The van der Waals surface area contributed by atoms with E-state index in [1.54, 1.807) is 25.2 Å². The van der Waals surface area contributed by atoms with Crippen LogP contribution in [0.2, 0.25) is 0 Å². The van der Waals surface area contributed by atoms with Crippen LogP contribution >= 0.6 is 0 Å². The maximum Gasteiger partial charge on any atom is 0.232 e. The maximum absolute atomic E-state index is 12.1. The Morgan fingerprint density at radius 2 is 1.86 bits per heavy atom. The quantitative estimate of drug-likeness (QED) is 0.644. The molecule has 0 atom stereocenters. The molecule has 6 nitrogen and oxygen atoms in total. The van der Waals surface area contributed by atoms with E-state index in [0.717, 1.165) is 0 Å². The molecular weight excluding hydrogens is 292 g/mol. The van der Waals surface area contributed by atoms with Gasteiger partial charge in [0.05, 0.1) is 24.7 Å². The van der Waals surface area contributed by atoms with Crippen LogP contribution in [0.3, 0.4) is 0 Å². The fourth-order valence-corrected chi connectivity index (χ4v) is 2.91. The second-order valence-electron chi connectivity index (χ2n) is 4.40. The van der Waals surface area contributed by atoms with Crippen LogP contribution in [-0.4, -0.2) is 41.0 Å². The van der Waals surface area contributed by atoms with Crippen molar-refractivity contribution in [2.45, 2.75) is 20.3 Å². The second kappa shape index (κ2) is 8.74. The molecule has 0 saturated heterocycles. The van der Waals surface area contributed by atoms with Crippen LogP contribution in [0.5, 0.6) is 11.5 Å². The molecule has 0 radical (unpaired) electrons. The summed E-state index contributed by atoms with van der Waals surface area (Å²) in [6.45, 7) is 5.35. The predicted octanol–water partition coefficient (Wildman–Crippen LogP) is 1.84. The normalized spacial score (nSPS) is 11.2. The predicted molar refractivity (Wildman–Crippen MR) is 84.7 cm³/mol. The highest BCUT2D eigenvalue weighted by atomic mass is 32.2. The molecule has 0 aliphatic rings. The van der Waals surface area contributed by atoms with E-state index in [4.69, 9.17) is 9.47 Å². The smallest absolute Gasteiger partial charge is 0.232 e. The summed E-state index contributed by atoms with van der Waals surface area (Å²) < 4.78 is 37.5. The Bertz CT molecular complexity index is 532. The number of hydrogen-bond acceptors (Lipinski definition) is 5. The Morgan fingerprint density at radius 3 is 2.48 bits per heavy atom. The average molecular weight is 316 g/mol. The van der Waals surface area contributed by atoms with Gasteiger partial charge in [-0.2, -0.15) is 0 Å². The van der Waals surface area contributed by atoms with Gasteiger partial charge in [0.15, 0.2) is 0 Å². The number of ether oxygens (including phenoxy) is 2. The van der Waals surface area contributed by atoms with Crippen molar-refractivity contribution in [1.29, 1.82) is 0 Å². The van der Waals surface area contributed by atoms with Crippen molar-refractivity contribution in [3.8, 4) is 11.5 Å². The first-order chi connectivity index (χ1) is 10.0. The summed E-state index contributed by atoms with van der Waals surface area (Å²) in [4.78, 5) is 0. The highest BCUT2D eigenvalue weighted by Crippen LogP contribution is 2.30. The monoisotopic (exact) mass is 316 g/mol. The maximum atomic E-state index is 12.1. The molecule has 2 N–H and O–H groups in total. The van der Waals surface area contributed by atoms with Crippen molar-refractivity contribution in [2.24, 2.45) is 0 Å². The van der Waals surface area contributed by atoms with Crippen LogP contribution in [0.1, 0.15) is 20.3 Å². The van der Waals surface area contributed by atoms with Gasteiger partial charge in [-0.25, -0.2) is 8.42 Å². The molecule has 1 aromatic rings. The molecule has 1 rings (SSSR count). The van der Waals surface area contributed by atoms with Gasteiger partial charge in [-0.05, 0) is 46.0 Å². The molecule has 21 heavy (non-hydrogen) atoms. The number of anilines is 1. The topological polar surface area (TPSA) is 76.7 Å². The summed E-state index contributed by atoms with van der Waals surface area (Å²) in [5.74, 6) is 1.16. The highest BCUT2D eigenvalue weighted by Gasteiger charge is 2.14. The number of benzene rings is 1. The van der Waals surface area contributed by atoms with Crippen LogP contribution in [0, 0.1) is 0 Å². The Kier molecular flexibility index (Phi) is 7.31. The van der Waals surface area contributed by atoms with Crippen molar-refractivity contribution in [3.63, 3.8) is 0 Å². The molecule has 7 heteroatoms. The Labute approximate surface area is 126 Å². The molecular formula is C14H24N2O4S. The molecule has 0 bridgehead atoms. The van der Waals surface area contributed by atoms with Crippen molar-refractivity contribution in [2.75, 3.05) is 37.3 Å². The lowest BCUT2D eigenvalue weighted by atomic mass is 10.3. The highest BCUT2D eigenvalue weighted by molar-refractivity contribution is 7.92. The van der Waals surface area contributed by atoms with E-state index < -0.39 is 10.0 Å². The zero-order valence-corrected chi connectivity index (χ0v) is 13.6. The number of nitrogens with one attached hydrogen (secondary N) is 2. The minimum Gasteiger partial charge on any atom is -0.494 e. The first-order valence-corrected chi connectivity index (χ1v) is 8.72. The largest absolute Gasteiger partial charge is 0.494 e. The first kappa shape index (κ1) is 17.6. The van der Waals surface area contributed by atoms with E-state index >= 15 is 0 Å². The first-order valence-electron chi connectivity index (χ1n) is 7.07. The molecule has 0 aromatic heterocycles. The van der Waals surface area contributed by atoms with E-state index in [2.05, 4.69) is 10.0 Å². The van der Waals surface area contributed by atoms with Gasteiger partial charge in [0.25, 0.3) is 0 Å².